The van der Waals surface area contributed by atoms with Crippen molar-refractivity contribution >= 4 is 23.5 Å². The van der Waals surface area contributed by atoms with Crippen LogP contribution in [0.4, 0.5) is 0 Å². The summed E-state index contributed by atoms with van der Waals surface area (Å²) in [5, 5.41) is 0.833. The first-order valence-corrected chi connectivity index (χ1v) is 4.58. The molecule has 0 spiro atoms. The minimum Gasteiger partial charge on any atom is -0.245 e. The Bertz CT molecular complexity index is 287. The average molecular weight is 186 g/mol. The zero-order valence-corrected chi connectivity index (χ0v) is 7.75. The predicted molar refractivity (Wildman–Crippen MR) is 48.8 cm³/mol. The fourth-order valence-corrected chi connectivity index (χ4v) is 2.30. The molecule has 11 heavy (non-hydrogen) atoms. The van der Waals surface area contributed by atoms with Crippen LogP contribution in [0.3, 0.4) is 0 Å². The van der Waals surface area contributed by atoms with Gasteiger partial charge in [0.15, 0.2) is 0 Å². The summed E-state index contributed by atoms with van der Waals surface area (Å²) in [5.41, 5.74) is 1.34. The SMILES string of the molecule is CN1Cc2cc(Cl)ccc2S1. The van der Waals surface area contributed by atoms with Crippen LogP contribution in [0, 0.1) is 0 Å². The molecule has 0 saturated carbocycles. The van der Waals surface area contributed by atoms with Gasteiger partial charge in [0.1, 0.15) is 0 Å². The molecular formula is C8H8ClNS. The van der Waals surface area contributed by atoms with Gasteiger partial charge in [-0.1, -0.05) is 11.6 Å². The van der Waals surface area contributed by atoms with Crippen LogP contribution < -0.4 is 0 Å². The third-order valence-electron chi connectivity index (χ3n) is 1.67. The molecule has 1 aliphatic rings. The first-order chi connectivity index (χ1) is 5.25. The molecule has 0 unspecified atom stereocenters. The van der Waals surface area contributed by atoms with Crippen LogP contribution in [0.15, 0.2) is 23.1 Å². The Morgan fingerprint density at radius 2 is 2.36 bits per heavy atom. The molecular weight excluding hydrogens is 178 g/mol. The van der Waals surface area contributed by atoms with E-state index in [1.807, 2.05) is 12.1 Å². The van der Waals surface area contributed by atoms with E-state index < -0.39 is 0 Å². The van der Waals surface area contributed by atoms with Gasteiger partial charge >= 0.3 is 0 Å². The molecule has 0 saturated heterocycles. The van der Waals surface area contributed by atoms with E-state index in [4.69, 9.17) is 11.6 Å². The topological polar surface area (TPSA) is 3.24 Å². The normalized spacial score (nSPS) is 16.9. The van der Waals surface area contributed by atoms with Crippen molar-refractivity contribution in [3.8, 4) is 0 Å². The Morgan fingerprint density at radius 1 is 1.55 bits per heavy atom. The van der Waals surface area contributed by atoms with E-state index in [1.165, 1.54) is 10.5 Å². The Balaban J connectivity index is 2.43. The first kappa shape index (κ1) is 7.47. The number of hydrogen-bond donors (Lipinski definition) is 0. The second kappa shape index (κ2) is 2.70. The summed E-state index contributed by atoms with van der Waals surface area (Å²) in [6.45, 7) is 1.00. The largest absolute Gasteiger partial charge is 0.245 e. The molecule has 0 amide bonds. The lowest BCUT2D eigenvalue weighted by Crippen LogP contribution is -1.99. The summed E-state index contributed by atoms with van der Waals surface area (Å²) in [5.74, 6) is 0. The van der Waals surface area contributed by atoms with Crippen molar-refractivity contribution in [3.63, 3.8) is 0 Å². The highest BCUT2D eigenvalue weighted by Gasteiger charge is 2.15. The van der Waals surface area contributed by atoms with Gasteiger partial charge < -0.3 is 0 Å². The third kappa shape index (κ3) is 1.39. The van der Waals surface area contributed by atoms with E-state index >= 15 is 0 Å². The Morgan fingerprint density at radius 3 is 3.18 bits per heavy atom. The molecule has 1 heterocycles. The Kier molecular flexibility index (Phi) is 1.83. The number of rotatable bonds is 0. The van der Waals surface area contributed by atoms with Gasteiger partial charge in [-0.3, -0.25) is 0 Å². The predicted octanol–water partition coefficient (Wildman–Crippen LogP) is 2.79. The number of nitrogens with zero attached hydrogens (tertiary/aromatic N) is 1. The summed E-state index contributed by atoms with van der Waals surface area (Å²) in [4.78, 5) is 1.33. The fraction of sp³-hybridized carbons (Fsp3) is 0.250. The second-order valence-electron chi connectivity index (χ2n) is 2.63. The quantitative estimate of drug-likeness (QED) is 0.572. The molecule has 0 aromatic heterocycles. The number of hydrogen-bond acceptors (Lipinski definition) is 2. The van der Waals surface area contributed by atoms with Gasteiger partial charge in [-0.15, -0.1) is 0 Å². The standard InChI is InChI=1S/C8H8ClNS/c1-10-5-6-4-7(9)2-3-8(6)11-10/h2-4H,5H2,1H3. The van der Waals surface area contributed by atoms with Gasteiger partial charge in [0, 0.05) is 16.5 Å². The zero-order chi connectivity index (χ0) is 7.84. The Labute approximate surface area is 75.5 Å². The van der Waals surface area contributed by atoms with Crippen molar-refractivity contribution in [2.45, 2.75) is 11.4 Å². The van der Waals surface area contributed by atoms with Crippen molar-refractivity contribution in [2.24, 2.45) is 0 Å². The van der Waals surface area contributed by atoms with Crippen LogP contribution in [0.25, 0.3) is 0 Å². The maximum absolute atomic E-state index is 5.84. The number of halogens is 1. The molecule has 0 bridgehead atoms. The van der Waals surface area contributed by atoms with E-state index in [0.717, 1.165) is 11.6 Å². The van der Waals surface area contributed by atoms with Gasteiger partial charge in [-0.25, -0.2) is 4.31 Å². The average Bonchev–Trinajstić information content (AvgIpc) is 2.27. The molecule has 1 nitrogen and oxygen atoms in total. The highest BCUT2D eigenvalue weighted by Crippen LogP contribution is 2.35. The molecule has 0 fully saturated rings. The molecule has 58 valence electrons. The molecule has 1 aromatic carbocycles. The number of fused-ring (bicyclic) bond motifs is 1. The summed E-state index contributed by atoms with van der Waals surface area (Å²) in [6, 6.07) is 6.05. The van der Waals surface area contributed by atoms with Gasteiger partial charge in [0.2, 0.25) is 0 Å². The molecule has 1 aromatic rings. The van der Waals surface area contributed by atoms with E-state index in [2.05, 4.69) is 17.4 Å². The lowest BCUT2D eigenvalue weighted by molar-refractivity contribution is 0.581. The van der Waals surface area contributed by atoms with E-state index in [1.54, 1.807) is 11.9 Å². The third-order valence-corrected chi connectivity index (χ3v) is 2.94. The van der Waals surface area contributed by atoms with Gasteiger partial charge in [0.25, 0.3) is 0 Å². The minimum absolute atomic E-state index is 0.833. The van der Waals surface area contributed by atoms with Crippen LogP contribution in [-0.4, -0.2) is 11.4 Å². The smallest absolute Gasteiger partial charge is 0.0410 e. The molecule has 0 atom stereocenters. The van der Waals surface area contributed by atoms with Crippen LogP contribution in [0.1, 0.15) is 5.56 Å². The first-order valence-electron chi connectivity index (χ1n) is 3.43. The summed E-state index contributed by atoms with van der Waals surface area (Å²) in [6.07, 6.45) is 0. The van der Waals surface area contributed by atoms with Crippen LogP contribution in [0.2, 0.25) is 5.02 Å². The second-order valence-corrected chi connectivity index (χ2v) is 4.31. The van der Waals surface area contributed by atoms with Crippen molar-refractivity contribution in [2.75, 3.05) is 7.05 Å². The molecule has 0 N–H and O–H groups in total. The fourth-order valence-electron chi connectivity index (χ4n) is 1.20. The lowest BCUT2D eigenvalue weighted by Gasteiger charge is -2.00. The van der Waals surface area contributed by atoms with Crippen LogP contribution in [-0.2, 0) is 6.54 Å². The van der Waals surface area contributed by atoms with Crippen molar-refractivity contribution < 1.29 is 0 Å². The molecule has 0 radical (unpaired) electrons. The monoisotopic (exact) mass is 185 g/mol. The molecule has 2 rings (SSSR count). The summed E-state index contributed by atoms with van der Waals surface area (Å²) >= 11 is 7.62. The summed E-state index contributed by atoms with van der Waals surface area (Å²) in [7, 11) is 2.08. The van der Waals surface area contributed by atoms with Crippen LogP contribution in [0.5, 0.6) is 0 Å². The highest BCUT2D eigenvalue weighted by atomic mass is 35.5. The maximum Gasteiger partial charge on any atom is 0.0410 e. The maximum atomic E-state index is 5.84. The molecule has 3 heteroatoms. The molecule has 1 aliphatic heterocycles. The Hall–Kier alpha value is -0.180. The van der Waals surface area contributed by atoms with Crippen LogP contribution >= 0.6 is 23.5 Å². The van der Waals surface area contributed by atoms with Gasteiger partial charge in [0.05, 0.1) is 0 Å². The number of benzene rings is 1. The van der Waals surface area contributed by atoms with E-state index in [9.17, 15) is 0 Å². The van der Waals surface area contributed by atoms with Crippen molar-refractivity contribution in [1.82, 2.24) is 4.31 Å². The van der Waals surface area contributed by atoms with E-state index in [-0.39, 0.29) is 0 Å². The van der Waals surface area contributed by atoms with E-state index in [0.29, 0.717) is 0 Å². The van der Waals surface area contributed by atoms with Crippen molar-refractivity contribution in [1.29, 1.82) is 0 Å². The zero-order valence-electron chi connectivity index (χ0n) is 6.17. The lowest BCUT2D eigenvalue weighted by atomic mass is 10.2. The van der Waals surface area contributed by atoms with Crippen molar-refractivity contribution in [3.05, 3.63) is 28.8 Å². The molecule has 0 aliphatic carbocycles. The highest BCUT2D eigenvalue weighted by molar-refractivity contribution is 7.97. The summed E-state index contributed by atoms with van der Waals surface area (Å²) < 4.78 is 2.20. The van der Waals surface area contributed by atoms with Gasteiger partial charge in [-0.2, -0.15) is 0 Å². The minimum atomic E-state index is 0.833. The van der Waals surface area contributed by atoms with Gasteiger partial charge in [-0.05, 0) is 42.8 Å².